The molecule has 2 heterocycles. The predicted octanol–water partition coefficient (Wildman–Crippen LogP) is 4.99. The fourth-order valence-electron chi connectivity index (χ4n) is 4.74. The first-order valence-electron chi connectivity index (χ1n) is 11.6. The van der Waals surface area contributed by atoms with Crippen LogP contribution in [-0.2, 0) is 11.2 Å². The fraction of sp³-hybridized carbons (Fsp3) is 0.296. The van der Waals surface area contributed by atoms with Crippen molar-refractivity contribution in [2.45, 2.75) is 38.4 Å². The van der Waals surface area contributed by atoms with Crippen molar-refractivity contribution < 1.29 is 9.53 Å². The van der Waals surface area contributed by atoms with Gasteiger partial charge in [-0.1, -0.05) is 36.4 Å². The van der Waals surface area contributed by atoms with Gasteiger partial charge in [-0.25, -0.2) is 0 Å². The minimum Gasteiger partial charge on any atom is -0.457 e. The number of nitrogens with one attached hydrogen (secondary N) is 3. The van der Waals surface area contributed by atoms with Gasteiger partial charge in [-0.15, -0.1) is 0 Å². The Kier molecular flexibility index (Phi) is 6.17. The van der Waals surface area contributed by atoms with Crippen molar-refractivity contribution >= 4 is 23.0 Å². The average molecular weight is 443 g/mol. The van der Waals surface area contributed by atoms with E-state index in [1.165, 1.54) is 5.56 Å². The van der Waals surface area contributed by atoms with Crippen LogP contribution in [0.25, 0.3) is 0 Å². The summed E-state index contributed by atoms with van der Waals surface area (Å²) < 4.78 is 5.98. The van der Waals surface area contributed by atoms with Crippen LogP contribution in [0.5, 0.6) is 11.5 Å². The van der Waals surface area contributed by atoms with Crippen molar-refractivity contribution in [2.75, 3.05) is 28.6 Å². The van der Waals surface area contributed by atoms with Gasteiger partial charge in [-0.2, -0.15) is 0 Å². The fourth-order valence-corrected chi connectivity index (χ4v) is 4.74. The zero-order valence-corrected chi connectivity index (χ0v) is 18.9. The lowest BCUT2D eigenvalue weighted by Gasteiger charge is -2.33. The molecule has 0 aliphatic carbocycles. The lowest BCUT2D eigenvalue weighted by atomic mass is 10.0. The summed E-state index contributed by atoms with van der Waals surface area (Å²) in [4.78, 5) is 14.0. The number of hydrogen-bond donors (Lipinski definition) is 3. The number of carbonyl (C=O) groups excluding carboxylic acids is 1. The molecule has 2 aliphatic rings. The summed E-state index contributed by atoms with van der Waals surface area (Å²) in [6, 6.07) is 24.5. The first-order chi connectivity index (χ1) is 16.2. The molecule has 3 N–H and O–H groups in total. The van der Waals surface area contributed by atoms with Gasteiger partial charge in [-0.3, -0.25) is 10.1 Å². The smallest absolute Gasteiger partial charge is 0.223 e. The number of para-hydroxylation sites is 2. The van der Waals surface area contributed by atoms with E-state index in [1.807, 2.05) is 53.4 Å². The Morgan fingerprint density at radius 1 is 1.00 bits per heavy atom. The minimum atomic E-state index is 0.102. The highest BCUT2D eigenvalue weighted by Gasteiger charge is 2.27. The largest absolute Gasteiger partial charge is 0.457 e. The van der Waals surface area contributed by atoms with E-state index >= 15 is 0 Å². The SMILES string of the molecule is CC(=O)N1CCc2cccc(NC3CCNC(Nc4cccc(Oc5ccccc5)c4)C3)c21. The number of hydrogen-bond acceptors (Lipinski definition) is 5. The van der Waals surface area contributed by atoms with Crippen LogP contribution in [0.3, 0.4) is 0 Å². The first-order valence-corrected chi connectivity index (χ1v) is 11.6. The minimum absolute atomic E-state index is 0.102. The maximum absolute atomic E-state index is 12.1. The van der Waals surface area contributed by atoms with E-state index in [-0.39, 0.29) is 12.1 Å². The zero-order chi connectivity index (χ0) is 22.6. The van der Waals surface area contributed by atoms with E-state index in [1.54, 1.807) is 6.92 Å². The molecule has 1 saturated heterocycles. The number of amides is 1. The maximum Gasteiger partial charge on any atom is 0.223 e. The highest BCUT2D eigenvalue weighted by molar-refractivity contribution is 5.98. The lowest BCUT2D eigenvalue weighted by Crippen LogP contribution is -2.47. The molecule has 1 amide bonds. The second-order valence-electron chi connectivity index (χ2n) is 8.69. The van der Waals surface area contributed by atoms with Crippen LogP contribution in [0.1, 0.15) is 25.3 Å². The summed E-state index contributed by atoms with van der Waals surface area (Å²) in [6.07, 6.45) is 3.01. The molecule has 2 unspecified atom stereocenters. The summed E-state index contributed by atoms with van der Waals surface area (Å²) in [6.45, 7) is 3.33. The van der Waals surface area contributed by atoms with Gasteiger partial charge in [-0.05, 0) is 55.3 Å². The second-order valence-corrected chi connectivity index (χ2v) is 8.69. The number of carbonyl (C=O) groups is 1. The lowest BCUT2D eigenvalue weighted by molar-refractivity contribution is -0.116. The highest BCUT2D eigenvalue weighted by Crippen LogP contribution is 2.36. The molecule has 3 aromatic rings. The Morgan fingerprint density at radius 2 is 1.82 bits per heavy atom. The zero-order valence-electron chi connectivity index (χ0n) is 18.9. The number of ether oxygens (including phenoxy) is 1. The summed E-state index contributed by atoms with van der Waals surface area (Å²) in [7, 11) is 0. The van der Waals surface area contributed by atoms with E-state index in [0.29, 0.717) is 6.04 Å². The molecule has 3 aromatic carbocycles. The number of rotatable bonds is 6. The molecule has 0 saturated carbocycles. The molecule has 33 heavy (non-hydrogen) atoms. The van der Waals surface area contributed by atoms with Crippen LogP contribution in [0.4, 0.5) is 17.1 Å². The number of benzene rings is 3. The Morgan fingerprint density at radius 3 is 2.67 bits per heavy atom. The third-order valence-corrected chi connectivity index (χ3v) is 6.29. The van der Waals surface area contributed by atoms with Crippen LogP contribution < -0.4 is 25.6 Å². The van der Waals surface area contributed by atoms with E-state index in [0.717, 1.165) is 60.9 Å². The monoisotopic (exact) mass is 442 g/mol. The topological polar surface area (TPSA) is 65.6 Å². The third kappa shape index (κ3) is 4.96. The van der Waals surface area contributed by atoms with E-state index in [9.17, 15) is 4.79 Å². The molecule has 0 bridgehead atoms. The third-order valence-electron chi connectivity index (χ3n) is 6.29. The Labute approximate surface area is 195 Å². The second kappa shape index (κ2) is 9.55. The van der Waals surface area contributed by atoms with Crippen LogP contribution in [0, 0.1) is 0 Å². The van der Waals surface area contributed by atoms with Crippen molar-refractivity contribution in [1.29, 1.82) is 0 Å². The van der Waals surface area contributed by atoms with Crippen LogP contribution in [0.15, 0.2) is 72.8 Å². The molecule has 1 fully saturated rings. The van der Waals surface area contributed by atoms with Gasteiger partial charge in [0, 0.05) is 37.7 Å². The Balaban J connectivity index is 1.24. The van der Waals surface area contributed by atoms with Gasteiger partial charge >= 0.3 is 0 Å². The standard InChI is InChI=1S/C27H30N4O2/c1-19(32)31-16-14-20-7-5-12-25(27(20)31)29-22-13-15-28-26(18-22)30-21-8-6-11-24(17-21)33-23-9-3-2-4-10-23/h2-12,17,22,26,28-30H,13-16,18H2,1H3. The molecule has 0 spiro atoms. The molecule has 2 atom stereocenters. The van der Waals surface area contributed by atoms with Crippen LogP contribution in [-0.4, -0.2) is 31.2 Å². The number of nitrogens with zero attached hydrogens (tertiary/aromatic N) is 1. The highest BCUT2D eigenvalue weighted by atomic mass is 16.5. The van der Waals surface area contributed by atoms with Crippen molar-refractivity contribution in [1.82, 2.24) is 5.32 Å². The van der Waals surface area contributed by atoms with Crippen LogP contribution >= 0.6 is 0 Å². The molecule has 6 heteroatoms. The average Bonchev–Trinajstić information content (AvgIpc) is 3.26. The normalized spacial score (nSPS) is 19.6. The van der Waals surface area contributed by atoms with Gasteiger partial charge in [0.15, 0.2) is 0 Å². The summed E-state index contributed by atoms with van der Waals surface area (Å²) in [5, 5.41) is 10.9. The van der Waals surface area contributed by atoms with E-state index < -0.39 is 0 Å². The van der Waals surface area contributed by atoms with Crippen LogP contribution in [0.2, 0.25) is 0 Å². The molecule has 170 valence electrons. The van der Waals surface area contributed by atoms with Gasteiger partial charge in [0.05, 0.1) is 17.5 Å². The molecule has 6 nitrogen and oxygen atoms in total. The van der Waals surface area contributed by atoms with E-state index in [2.05, 4.69) is 40.2 Å². The summed E-state index contributed by atoms with van der Waals surface area (Å²) >= 11 is 0. The number of piperidine rings is 1. The quantitative estimate of drug-likeness (QED) is 0.502. The maximum atomic E-state index is 12.1. The van der Waals surface area contributed by atoms with Gasteiger partial charge in [0.2, 0.25) is 5.91 Å². The van der Waals surface area contributed by atoms with E-state index in [4.69, 9.17) is 4.74 Å². The van der Waals surface area contributed by atoms with Gasteiger partial charge < -0.3 is 20.3 Å². The number of fused-ring (bicyclic) bond motifs is 1. The molecule has 0 aromatic heterocycles. The van der Waals surface area contributed by atoms with Crippen molar-refractivity contribution in [2.24, 2.45) is 0 Å². The molecular weight excluding hydrogens is 412 g/mol. The Bertz CT molecular complexity index is 1120. The first kappa shape index (κ1) is 21.3. The van der Waals surface area contributed by atoms with Gasteiger partial charge in [0.1, 0.15) is 11.5 Å². The van der Waals surface area contributed by atoms with Gasteiger partial charge in [0.25, 0.3) is 0 Å². The number of anilines is 3. The molecule has 5 rings (SSSR count). The predicted molar refractivity (Wildman–Crippen MR) is 133 cm³/mol. The van der Waals surface area contributed by atoms with Crippen molar-refractivity contribution in [3.8, 4) is 11.5 Å². The summed E-state index contributed by atoms with van der Waals surface area (Å²) in [5.41, 5.74) is 4.38. The summed E-state index contributed by atoms with van der Waals surface area (Å²) in [5.74, 6) is 1.73. The van der Waals surface area contributed by atoms with Crippen molar-refractivity contribution in [3.05, 3.63) is 78.4 Å². The molecule has 0 radical (unpaired) electrons. The van der Waals surface area contributed by atoms with Crippen molar-refractivity contribution in [3.63, 3.8) is 0 Å². The molecule has 2 aliphatic heterocycles. The molecular formula is C27H30N4O2. The Hall–Kier alpha value is -3.51.